The second-order valence-electron chi connectivity index (χ2n) is 22.1. The van der Waals surface area contributed by atoms with Gasteiger partial charge < -0.3 is 77.0 Å². The van der Waals surface area contributed by atoms with Crippen LogP contribution in [0.5, 0.6) is 0 Å². The highest BCUT2D eigenvalue weighted by Crippen LogP contribution is 2.40. The molecule has 0 radical (unpaired) electrons. The molecule has 0 saturated carbocycles. The molecule has 2 aliphatic rings. The van der Waals surface area contributed by atoms with Crippen LogP contribution in [0.4, 0.5) is 16.2 Å². The molecule has 3 aromatic carbocycles. The highest BCUT2D eigenvalue weighted by Gasteiger charge is 2.35. The number of esters is 1. The van der Waals surface area contributed by atoms with Crippen molar-refractivity contribution in [3.8, 4) is 0 Å². The molecule has 2 heterocycles. The van der Waals surface area contributed by atoms with Crippen molar-refractivity contribution in [2.75, 3.05) is 88.5 Å². The zero-order valence-electron chi connectivity index (χ0n) is 52.5. The summed E-state index contributed by atoms with van der Waals surface area (Å²) < 4.78 is 58.9. The van der Waals surface area contributed by atoms with Crippen LogP contribution in [-0.4, -0.2) is 179 Å². The van der Waals surface area contributed by atoms with Gasteiger partial charge in [0.2, 0.25) is 41.4 Å². The van der Waals surface area contributed by atoms with Gasteiger partial charge in [-0.3, -0.25) is 47.9 Å². The fourth-order valence-corrected chi connectivity index (χ4v) is 9.80. The largest absolute Gasteiger partial charge is 0.460 e. The molecular formula is C61H88N12O17S2. The monoisotopic (exact) mass is 1320 g/mol. The Kier molecular flexibility index (Phi) is 31.6. The molecule has 31 heteroatoms. The summed E-state index contributed by atoms with van der Waals surface area (Å²) in [6.07, 6.45) is -0.702. The van der Waals surface area contributed by atoms with E-state index in [4.69, 9.17) is 34.0 Å². The van der Waals surface area contributed by atoms with Crippen LogP contribution in [0.15, 0.2) is 72.8 Å². The van der Waals surface area contributed by atoms with E-state index in [0.717, 1.165) is 33.8 Å². The second-order valence-corrected chi connectivity index (χ2v) is 24.5. The SMILES string of the molecule is CC(S)C(=O)OCc1ccc(NC(=O)[C@H](CCCNC(N)=O)NC(=O)[C@@H](NC(=O)[C@@H](CCC(=O)NCCS(=O)(=O)O)NC(=O)CCOCCOCCOCCOCCNC(=O)CCC(=O)N2Cc3ccccc3C3=C(NNN3C(C)C)c3ccccc32)C(C)C)cc1. The summed E-state index contributed by atoms with van der Waals surface area (Å²) in [5.74, 6) is -5.94. The first-order chi connectivity index (χ1) is 43.9. The van der Waals surface area contributed by atoms with Crippen LogP contribution in [0.3, 0.4) is 0 Å². The van der Waals surface area contributed by atoms with Gasteiger partial charge in [-0.15, -0.1) is 5.53 Å². The third kappa shape index (κ3) is 26.0. The fraction of sp³-hybridized carbons (Fsp3) is 0.525. The Morgan fingerprint density at radius 2 is 1.25 bits per heavy atom. The quantitative estimate of drug-likeness (QED) is 0.0167. The summed E-state index contributed by atoms with van der Waals surface area (Å²) in [7, 11) is -4.39. The lowest BCUT2D eigenvalue weighted by atomic mass is 9.95. The number of thiol groups is 1. The number of hydrazine groups is 2. The number of amides is 9. The van der Waals surface area contributed by atoms with Crippen molar-refractivity contribution >= 4 is 98.9 Å². The van der Waals surface area contributed by atoms with Gasteiger partial charge in [0.25, 0.3) is 10.1 Å². The molecule has 0 fully saturated rings. The lowest BCUT2D eigenvalue weighted by Gasteiger charge is -2.31. The van der Waals surface area contributed by atoms with Crippen LogP contribution in [0.1, 0.15) is 102 Å². The summed E-state index contributed by atoms with van der Waals surface area (Å²) in [6, 6.07) is 17.6. The van der Waals surface area contributed by atoms with E-state index in [1.807, 2.05) is 42.5 Å². The first kappa shape index (κ1) is 74.8. The minimum Gasteiger partial charge on any atom is -0.460 e. The third-order valence-electron chi connectivity index (χ3n) is 14.2. The molecule has 9 amide bonds. The van der Waals surface area contributed by atoms with Gasteiger partial charge in [0.05, 0.1) is 87.5 Å². The fourth-order valence-electron chi connectivity index (χ4n) is 9.36. The summed E-state index contributed by atoms with van der Waals surface area (Å²) in [4.78, 5) is 119. The zero-order valence-corrected chi connectivity index (χ0v) is 54.3. The van der Waals surface area contributed by atoms with Crippen LogP contribution in [-0.2, 0) is 85.3 Å². The molecule has 92 heavy (non-hydrogen) atoms. The number of fused-ring (bicyclic) bond motifs is 4. The van der Waals surface area contributed by atoms with E-state index in [1.165, 1.54) is 0 Å². The van der Waals surface area contributed by atoms with Gasteiger partial charge in [0, 0.05) is 68.2 Å². The van der Waals surface area contributed by atoms with E-state index in [9.17, 15) is 51.6 Å². The van der Waals surface area contributed by atoms with Crippen molar-refractivity contribution in [3.05, 3.63) is 95.1 Å². The topological polar surface area (TPSA) is 395 Å². The molecule has 0 spiro atoms. The molecule has 0 aliphatic carbocycles. The van der Waals surface area contributed by atoms with Crippen LogP contribution in [0, 0.1) is 5.92 Å². The summed E-state index contributed by atoms with van der Waals surface area (Å²) >= 11 is 4.06. The molecule has 4 atom stereocenters. The molecule has 3 aromatic rings. The molecule has 506 valence electrons. The van der Waals surface area contributed by atoms with Gasteiger partial charge in [-0.2, -0.15) is 21.0 Å². The zero-order chi connectivity index (χ0) is 67.2. The van der Waals surface area contributed by atoms with Crippen molar-refractivity contribution in [2.24, 2.45) is 11.7 Å². The number of anilines is 2. The van der Waals surface area contributed by atoms with Crippen molar-refractivity contribution in [2.45, 2.75) is 122 Å². The maximum absolute atomic E-state index is 14.0. The lowest BCUT2D eigenvalue weighted by molar-refractivity contribution is -0.144. The van der Waals surface area contributed by atoms with Gasteiger partial charge in [0.1, 0.15) is 24.7 Å². The van der Waals surface area contributed by atoms with Gasteiger partial charge in [-0.1, -0.05) is 68.4 Å². The smallest absolute Gasteiger partial charge is 0.318 e. The number of urea groups is 1. The number of benzene rings is 3. The number of para-hydroxylation sites is 1. The first-order valence-corrected chi connectivity index (χ1v) is 32.6. The molecule has 1 unspecified atom stereocenters. The Labute approximate surface area is 541 Å². The highest BCUT2D eigenvalue weighted by atomic mass is 32.2. The highest BCUT2D eigenvalue weighted by molar-refractivity contribution is 7.85. The Balaban J connectivity index is 0.996. The van der Waals surface area contributed by atoms with Gasteiger partial charge in [-0.05, 0) is 75.3 Å². The number of ether oxygens (including phenoxy) is 5. The van der Waals surface area contributed by atoms with Crippen molar-refractivity contribution in [3.63, 3.8) is 0 Å². The number of nitrogens with one attached hydrogen (secondary N) is 9. The minimum atomic E-state index is -4.39. The summed E-state index contributed by atoms with van der Waals surface area (Å²) in [6.45, 7) is 10.6. The van der Waals surface area contributed by atoms with E-state index in [1.54, 1.807) is 49.9 Å². The Bertz CT molecular complexity index is 3120. The number of nitrogens with two attached hydrogens (primary N) is 1. The van der Waals surface area contributed by atoms with E-state index < -0.39 is 93.2 Å². The standard InChI is InChI=1S/C61H88N12O17S2/c1-39(2)54(59(80)68-47(14-10-25-65-61(62)82)57(78)66-44-18-16-42(17-19-44)38-90-60(81)41(5)91)69-58(79)48(20-21-50(74)64-27-36-92(83,84)85)67-52(76)24-28-86-30-32-88-34-35-89-33-31-87-29-26-63-51(75)22-23-53(77)72-37-43-11-6-7-12-45(43)56-55(70-71-73(56)40(3)4)46-13-8-9-15-49(46)72/h6-9,11-13,15-19,39-41,47-48,54,70-71,91H,10,14,20-38H2,1-5H3,(H,63,75)(H,64,74)(H,66,78)(H,67,76)(H,68,80)(H,69,79)(H3,62,65,82)(H,83,84,85)/t41?,47-,48+,54-/m0/s1. The summed E-state index contributed by atoms with van der Waals surface area (Å²) in [5, 5.41) is 19.6. The molecule has 5 rings (SSSR count). The van der Waals surface area contributed by atoms with Crippen molar-refractivity contribution < 1.29 is 79.8 Å². The van der Waals surface area contributed by atoms with E-state index in [0.29, 0.717) is 17.8 Å². The molecule has 0 aromatic heterocycles. The first-order valence-electron chi connectivity index (χ1n) is 30.4. The van der Waals surface area contributed by atoms with Crippen LogP contribution in [0.2, 0.25) is 0 Å². The Morgan fingerprint density at radius 1 is 0.641 bits per heavy atom. The molecule has 0 saturated heterocycles. The Hall–Kier alpha value is -7.91. The molecular weight excluding hydrogens is 1240 g/mol. The van der Waals surface area contributed by atoms with E-state index in [-0.39, 0.29) is 135 Å². The number of primary amides is 1. The average molecular weight is 1330 g/mol. The lowest BCUT2D eigenvalue weighted by Crippen LogP contribution is -2.58. The number of nitrogens with zero attached hydrogens (tertiary/aromatic N) is 2. The number of carbonyl (C=O) groups excluding carboxylic acids is 9. The predicted molar refractivity (Wildman–Crippen MR) is 344 cm³/mol. The molecule has 29 nitrogen and oxygen atoms in total. The van der Waals surface area contributed by atoms with Gasteiger partial charge in [-0.25, -0.2) is 4.79 Å². The predicted octanol–water partition coefficient (Wildman–Crippen LogP) is 1.79. The van der Waals surface area contributed by atoms with Crippen LogP contribution in [0.25, 0.3) is 11.4 Å². The van der Waals surface area contributed by atoms with Crippen LogP contribution < -0.4 is 58.8 Å². The normalized spacial score (nSPS) is 14.0. The van der Waals surface area contributed by atoms with Gasteiger partial charge >= 0.3 is 12.0 Å². The van der Waals surface area contributed by atoms with Crippen molar-refractivity contribution in [1.82, 2.24) is 47.9 Å². The maximum atomic E-state index is 14.0. The van der Waals surface area contributed by atoms with E-state index >= 15 is 0 Å². The second kappa shape index (κ2) is 38.8. The molecule has 0 bridgehead atoms. The number of hydrogen-bond acceptors (Lipinski definition) is 20. The summed E-state index contributed by atoms with van der Waals surface area (Å²) in [5.41, 5.74) is 18.2. The molecule has 2 aliphatic heterocycles. The number of rotatable bonds is 40. The van der Waals surface area contributed by atoms with Crippen molar-refractivity contribution in [1.29, 1.82) is 0 Å². The number of hydrogen-bond donors (Lipinski definition) is 12. The average Bonchev–Trinajstić information content (AvgIpc) is 1.50. The molecule has 12 N–H and O–H groups in total. The minimum absolute atomic E-state index is 0.00227. The third-order valence-corrected chi connectivity index (χ3v) is 15.1. The number of carbonyl (C=O) groups is 9. The van der Waals surface area contributed by atoms with E-state index in [2.05, 4.69) is 85.7 Å². The Morgan fingerprint density at radius 3 is 1.89 bits per heavy atom. The van der Waals surface area contributed by atoms with Crippen LogP contribution >= 0.6 is 12.6 Å². The van der Waals surface area contributed by atoms with Gasteiger partial charge in [0.15, 0.2) is 0 Å². The maximum Gasteiger partial charge on any atom is 0.318 e.